The van der Waals surface area contributed by atoms with Crippen molar-refractivity contribution in [3.05, 3.63) is 22.6 Å². The molecule has 6 heteroatoms. The molecule has 5 nitrogen and oxygen atoms in total. The molecule has 1 aromatic rings. The van der Waals surface area contributed by atoms with E-state index in [-0.39, 0.29) is 23.6 Å². The minimum absolute atomic E-state index is 0.192. The Labute approximate surface area is 107 Å². The van der Waals surface area contributed by atoms with Crippen molar-refractivity contribution in [3.63, 3.8) is 0 Å². The lowest BCUT2D eigenvalue weighted by Gasteiger charge is -2.14. The summed E-state index contributed by atoms with van der Waals surface area (Å²) in [6, 6.07) is 3.28. The van der Waals surface area contributed by atoms with E-state index in [1.807, 2.05) is 0 Å². The highest BCUT2D eigenvalue weighted by molar-refractivity contribution is 9.10. The predicted octanol–water partition coefficient (Wildman–Crippen LogP) is 1.68. The second-order valence-corrected chi connectivity index (χ2v) is 4.65. The van der Waals surface area contributed by atoms with Gasteiger partial charge in [-0.15, -0.1) is 0 Å². The van der Waals surface area contributed by atoms with Gasteiger partial charge in [0, 0.05) is 13.1 Å². The molecule has 2 rings (SSSR count). The van der Waals surface area contributed by atoms with Crippen molar-refractivity contribution < 1.29 is 18.7 Å². The zero-order valence-corrected chi connectivity index (χ0v) is 10.9. The van der Waals surface area contributed by atoms with Crippen molar-refractivity contribution in [1.82, 2.24) is 4.90 Å². The van der Waals surface area contributed by atoms with Gasteiger partial charge in [0.05, 0.1) is 13.0 Å². The van der Waals surface area contributed by atoms with E-state index >= 15 is 0 Å². The summed E-state index contributed by atoms with van der Waals surface area (Å²) in [6.45, 7) is 0.945. The van der Waals surface area contributed by atoms with Gasteiger partial charge in [-0.25, -0.2) is 0 Å². The van der Waals surface area contributed by atoms with Crippen molar-refractivity contribution in [1.29, 1.82) is 0 Å². The first-order valence-corrected chi connectivity index (χ1v) is 6.03. The van der Waals surface area contributed by atoms with Crippen LogP contribution in [0.2, 0.25) is 0 Å². The Morgan fingerprint density at radius 1 is 1.53 bits per heavy atom. The number of hydrogen-bond acceptors (Lipinski definition) is 4. The number of halogens is 1. The fourth-order valence-electron chi connectivity index (χ4n) is 1.89. The molecule has 1 aromatic heterocycles. The number of methoxy groups -OCH3 is 1. The van der Waals surface area contributed by atoms with Crippen LogP contribution in [0, 0.1) is 5.92 Å². The van der Waals surface area contributed by atoms with Crippen molar-refractivity contribution in [2.24, 2.45) is 5.92 Å². The molecule has 1 atom stereocenters. The molecule has 0 radical (unpaired) electrons. The number of carbonyl (C=O) groups is 2. The van der Waals surface area contributed by atoms with E-state index < -0.39 is 0 Å². The van der Waals surface area contributed by atoms with E-state index in [1.165, 1.54) is 7.11 Å². The van der Waals surface area contributed by atoms with Gasteiger partial charge in [-0.2, -0.15) is 0 Å². The number of rotatable bonds is 2. The monoisotopic (exact) mass is 301 g/mol. The van der Waals surface area contributed by atoms with E-state index in [2.05, 4.69) is 20.7 Å². The number of carbonyl (C=O) groups excluding carboxylic acids is 2. The zero-order valence-electron chi connectivity index (χ0n) is 9.31. The summed E-state index contributed by atoms with van der Waals surface area (Å²) in [5.41, 5.74) is 0. The van der Waals surface area contributed by atoms with Crippen molar-refractivity contribution in [3.8, 4) is 0 Å². The Kier molecular flexibility index (Phi) is 3.51. The van der Waals surface area contributed by atoms with E-state index in [0.29, 0.717) is 24.2 Å². The molecule has 0 aliphatic carbocycles. The summed E-state index contributed by atoms with van der Waals surface area (Å²) in [4.78, 5) is 24.9. The molecule has 1 aliphatic heterocycles. The summed E-state index contributed by atoms with van der Waals surface area (Å²) in [5, 5.41) is 0. The molecule has 2 heterocycles. The quantitative estimate of drug-likeness (QED) is 0.780. The molecule has 1 saturated heterocycles. The summed E-state index contributed by atoms with van der Waals surface area (Å²) in [6.07, 6.45) is 0.639. The summed E-state index contributed by atoms with van der Waals surface area (Å²) >= 11 is 3.14. The van der Waals surface area contributed by atoms with Gasteiger partial charge in [0.25, 0.3) is 5.91 Å². The topological polar surface area (TPSA) is 59.8 Å². The van der Waals surface area contributed by atoms with Crippen LogP contribution in [-0.4, -0.2) is 37.0 Å². The van der Waals surface area contributed by atoms with Crippen LogP contribution >= 0.6 is 15.9 Å². The number of hydrogen-bond donors (Lipinski definition) is 0. The Morgan fingerprint density at radius 2 is 2.29 bits per heavy atom. The maximum absolute atomic E-state index is 12.0. The maximum atomic E-state index is 12.0. The van der Waals surface area contributed by atoms with E-state index in [9.17, 15) is 9.59 Å². The minimum atomic E-state index is -0.263. The lowest BCUT2D eigenvalue weighted by molar-refractivity contribution is -0.144. The normalized spacial score (nSPS) is 19.4. The third-order valence-electron chi connectivity index (χ3n) is 2.79. The Bertz CT molecular complexity index is 442. The summed E-state index contributed by atoms with van der Waals surface area (Å²) in [7, 11) is 1.36. The zero-order chi connectivity index (χ0) is 12.4. The maximum Gasteiger partial charge on any atom is 0.310 e. The van der Waals surface area contributed by atoms with Crippen LogP contribution < -0.4 is 0 Å². The van der Waals surface area contributed by atoms with Crippen molar-refractivity contribution in [2.75, 3.05) is 20.2 Å². The van der Waals surface area contributed by atoms with Crippen molar-refractivity contribution >= 4 is 27.8 Å². The van der Waals surface area contributed by atoms with Gasteiger partial charge < -0.3 is 14.1 Å². The van der Waals surface area contributed by atoms with Crippen LogP contribution in [0.15, 0.2) is 21.2 Å². The van der Waals surface area contributed by atoms with Crippen LogP contribution in [0.3, 0.4) is 0 Å². The molecule has 92 valence electrons. The smallest absolute Gasteiger partial charge is 0.310 e. The van der Waals surface area contributed by atoms with Crippen LogP contribution in [-0.2, 0) is 9.53 Å². The SMILES string of the molecule is COC(=O)C1CCN(C(=O)c2ccc(Br)o2)C1. The molecule has 0 aromatic carbocycles. The van der Waals surface area contributed by atoms with Crippen LogP contribution in [0.4, 0.5) is 0 Å². The lowest BCUT2D eigenvalue weighted by Crippen LogP contribution is -2.29. The van der Waals surface area contributed by atoms with Gasteiger partial charge in [0.1, 0.15) is 0 Å². The Balaban J connectivity index is 2.01. The highest BCUT2D eigenvalue weighted by atomic mass is 79.9. The Hall–Kier alpha value is -1.30. The first-order valence-electron chi connectivity index (χ1n) is 5.24. The number of esters is 1. The average Bonchev–Trinajstić information content (AvgIpc) is 2.95. The fraction of sp³-hybridized carbons (Fsp3) is 0.455. The standard InChI is InChI=1S/C11H12BrNO4/c1-16-11(15)7-4-5-13(6-7)10(14)8-2-3-9(12)17-8/h2-3,7H,4-6H2,1H3. The predicted molar refractivity (Wildman–Crippen MR) is 62.4 cm³/mol. The number of furan rings is 1. The van der Waals surface area contributed by atoms with Crippen LogP contribution in [0.25, 0.3) is 0 Å². The van der Waals surface area contributed by atoms with Gasteiger partial charge in [0.15, 0.2) is 10.4 Å². The number of amides is 1. The molecule has 1 unspecified atom stereocenters. The second kappa shape index (κ2) is 4.91. The van der Waals surface area contributed by atoms with Crippen molar-refractivity contribution in [2.45, 2.75) is 6.42 Å². The van der Waals surface area contributed by atoms with Gasteiger partial charge in [-0.1, -0.05) is 0 Å². The molecular formula is C11H12BrNO4. The first kappa shape index (κ1) is 12.2. The molecule has 1 aliphatic rings. The van der Waals surface area contributed by atoms with Gasteiger partial charge in [0.2, 0.25) is 0 Å². The lowest BCUT2D eigenvalue weighted by atomic mass is 10.1. The largest absolute Gasteiger partial charge is 0.469 e. The number of likely N-dealkylation sites (tertiary alicyclic amines) is 1. The molecule has 1 amide bonds. The molecular weight excluding hydrogens is 290 g/mol. The molecule has 1 fully saturated rings. The fourth-order valence-corrected chi connectivity index (χ4v) is 2.20. The molecule has 0 saturated carbocycles. The summed E-state index contributed by atoms with van der Waals surface area (Å²) < 4.78 is 10.4. The van der Waals surface area contributed by atoms with E-state index in [0.717, 1.165) is 0 Å². The Morgan fingerprint density at radius 3 is 2.88 bits per heavy atom. The highest BCUT2D eigenvalue weighted by Crippen LogP contribution is 2.22. The van der Waals surface area contributed by atoms with Crippen LogP contribution in [0.5, 0.6) is 0 Å². The van der Waals surface area contributed by atoms with E-state index in [4.69, 9.17) is 4.42 Å². The van der Waals surface area contributed by atoms with Crippen LogP contribution in [0.1, 0.15) is 17.0 Å². The number of ether oxygens (including phenoxy) is 1. The third kappa shape index (κ3) is 2.52. The minimum Gasteiger partial charge on any atom is -0.469 e. The molecule has 0 spiro atoms. The van der Waals surface area contributed by atoms with Gasteiger partial charge >= 0.3 is 5.97 Å². The molecule has 17 heavy (non-hydrogen) atoms. The van der Waals surface area contributed by atoms with E-state index in [1.54, 1.807) is 17.0 Å². The highest BCUT2D eigenvalue weighted by Gasteiger charge is 2.33. The average molecular weight is 302 g/mol. The molecule has 0 N–H and O–H groups in total. The van der Waals surface area contributed by atoms with Gasteiger partial charge in [-0.05, 0) is 34.5 Å². The second-order valence-electron chi connectivity index (χ2n) is 3.86. The summed E-state index contributed by atoms with van der Waals surface area (Å²) in [5.74, 6) is -0.396. The van der Waals surface area contributed by atoms with Gasteiger partial charge in [-0.3, -0.25) is 9.59 Å². The number of nitrogens with zero attached hydrogens (tertiary/aromatic N) is 1. The molecule has 0 bridgehead atoms. The first-order chi connectivity index (χ1) is 8.11. The third-order valence-corrected chi connectivity index (χ3v) is 3.22.